The molecule has 0 unspecified atom stereocenters. The Bertz CT molecular complexity index is 509. The van der Waals surface area contributed by atoms with Crippen LogP contribution in [0.5, 0.6) is 0 Å². The summed E-state index contributed by atoms with van der Waals surface area (Å²) in [4.78, 5) is 18.7. The van der Waals surface area contributed by atoms with Crippen molar-refractivity contribution in [3.05, 3.63) is 36.7 Å². The first kappa shape index (κ1) is 12.3. The maximum atomic E-state index is 11.5. The summed E-state index contributed by atoms with van der Waals surface area (Å²) in [5, 5.41) is 2.77. The number of carbonyl (C=O) groups excluding carboxylic acids is 1. The number of hydrogen-bond donors (Lipinski definition) is 2. The number of carbonyl (C=O) groups is 1. The quantitative estimate of drug-likeness (QED) is 0.847. The number of anilines is 1. The molecule has 0 radical (unpaired) electrons. The van der Waals surface area contributed by atoms with Crippen LogP contribution in [0.2, 0.25) is 0 Å². The van der Waals surface area contributed by atoms with Gasteiger partial charge in [-0.1, -0.05) is 12.1 Å². The number of imidazole rings is 1. The number of amides is 1. The molecule has 2 N–H and O–H groups in total. The lowest BCUT2D eigenvalue weighted by Gasteiger charge is -2.06. The smallest absolute Gasteiger partial charge is 0.250 e. The van der Waals surface area contributed by atoms with Crippen LogP contribution in [0.3, 0.4) is 0 Å². The molecular weight excluding hydrogens is 230 g/mol. The number of hydrogen-bond acceptors (Lipinski definition) is 3. The van der Waals surface area contributed by atoms with E-state index in [1.165, 1.54) is 0 Å². The first-order chi connectivity index (χ1) is 8.79. The predicted molar refractivity (Wildman–Crippen MR) is 69.1 cm³/mol. The molecule has 0 aliphatic rings. The van der Waals surface area contributed by atoms with Gasteiger partial charge in [-0.3, -0.25) is 4.79 Å². The minimum Gasteiger partial charge on any atom is -0.372 e. The molecule has 0 saturated carbocycles. The molecule has 1 heterocycles. The monoisotopic (exact) mass is 245 g/mol. The number of aromatic nitrogens is 2. The topological polar surface area (TPSA) is 67.0 Å². The second kappa shape index (κ2) is 5.97. The summed E-state index contributed by atoms with van der Waals surface area (Å²) in [6.45, 7) is 2.45. The van der Waals surface area contributed by atoms with E-state index >= 15 is 0 Å². The van der Waals surface area contributed by atoms with Crippen molar-refractivity contribution in [2.45, 2.75) is 6.92 Å². The molecule has 5 heteroatoms. The van der Waals surface area contributed by atoms with Crippen LogP contribution in [-0.4, -0.2) is 29.1 Å². The van der Waals surface area contributed by atoms with Gasteiger partial charge in [0, 0.05) is 30.3 Å². The van der Waals surface area contributed by atoms with E-state index in [2.05, 4.69) is 15.3 Å². The fourth-order valence-electron chi connectivity index (χ4n) is 1.56. The van der Waals surface area contributed by atoms with E-state index in [-0.39, 0.29) is 12.5 Å². The lowest BCUT2D eigenvalue weighted by molar-refractivity contribution is -0.120. The van der Waals surface area contributed by atoms with Crippen LogP contribution < -0.4 is 5.32 Å². The van der Waals surface area contributed by atoms with Crippen LogP contribution in [0.25, 0.3) is 11.4 Å². The Morgan fingerprint density at radius 1 is 1.50 bits per heavy atom. The van der Waals surface area contributed by atoms with Gasteiger partial charge in [-0.05, 0) is 19.1 Å². The third kappa shape index (κ3) is 3.18. The van der Waals surface area contributed by atoms with Gasteiger partial charge < -0.3 is 15.0 Å². The number of benzene rings is 1. The van der Waals surface area contributed by atoms with Gasteiger partial charge >= 0.3 is 0 Å². The van der Waals surface area contributed by atoms with Crippen LogP contribution in [-0.2, 0) is 9.53 Å². The van der Waals surface area contributed by atoms with Crippen molar-refractivity contribution in [3.63, 3.8) is 0 Å². The molecule has 0 aliphatic heterocycles. The lowest BCUT2D eigenvalue weighted by Crippen LogP contribution is -2.18. The molecule has 2 rings (SSSR count). The zero-order valence-corrected chi connectivity index (χ0v) is 10.1. The van der Waals surface area contributed by atoms with Crippen LogP contribution in [0.1, 0.15) is 6.92 Å². The Balaban J connectivity index is 2.06. The largest absolute Gasteiger partial charge is 0.372 e. The molecule has 0 spiro atoms. The van der Waals surface area contributed by atoms with Gasteiger partial charge in [-0.15, -0.1) is 0 Å². The van der Waals surface area contributed by atoms with Crippen molar-refractivity contribution in [1.29, 1.82) is 0 Å². The Kier molecular flexibility index (Phi) is 4.09. The highest BCUT2D eigenvalue weighted by Gasteiger charge is 2.04. The number of ether oxygens (including phenoxy) is 1. The number of aromatic amines is 1. The third-order valence-electron chi connectivity index (χ3n) is 2.36. The number of rotatable bonds is 5. The summed E-state index contributed by atoms with van der Waals surface area (Å²) in [7, 11) is 0. The Morgan fingerprint density at radius 3 is 3.11 bits per heavy atom. The molecule has 0 saturated heterocycles. The van der Waals surface area contributed by atoms with E-state index in [0.717, 1.165) is 17.1 Å². The Morgan fingerprint density at radius 2 is 2.39 bits per heavy atom. The fourth-order valence-corrected chi connectivity index (χ4v) is 1.56. The summed E-state index contributed by atoms with van der Waals surface area (Å²) >= 11 is 0. The molecule has 1 amide bonds. The van der Waals surface area contributed by atoms with E-state index in [1.54, 1.807) is 12.4 Å². The zero-order valence-electron chi connectivity index (χ0n) is 10.1. The zero-order chi connectivity index (χ0) is 12.8. The molecule has 5 nitrogen and oxygen atoms in total. The molecule has 1 aromatic heterocycles. The second-order valence-electron chi connectivity index (χ2n) is 3.70. The number of nitrogens with one attached hydrogen (secondary N) is 2. The Labute approximate surface area is 105 Å². The average molecular weight is 245 g/mol. The van der Waals surface area contributed by atoms with Crippen LogP contribution >= 0.6 is 0 Å². The van der Waals surface area contributed by atoms with Crippen molar-refractivity contribution >= 4 is 11.6 Å². The molecular formula is C13H15N3O2. The molecule has 0 fully saturated rings. The van der Waals surface area contributed by atoms with Crippen LogP contribution in [0.4, 0.5) is 5.69 Å². The first-order valence-electron chi connectivity index (χ1n) is 5.77. The van der Waals surface area contributed by atoms with Gasteiger partial charge in [-0.2, -0.15) is 0 Å². The first-order valence-corrected chi connectivity index (χ1v) is 5.77. The molecule has 0 atom stereocenters. The van der Waals surface area contributed by atoms with E-state index in [1.807, 2.05) is 31.2 Å². The van der Waals surface area contributed by atoms with Crippen molar-refractivity contribution in [2.24, 2.45) is 0 Å². The van der Waals surface area contributed by atoms with Crippen molar-refractivity contribution in [2.75, 3.05) is 18.5 Å². The minimum atomic E-state index is -0.159. The van der Waals surface area contributed by atoms with Crippen molar-refractivity contribution in [3.8, 4) is 11.4 Å². The van der Waals surface area contributed by atoms with E-state index < -0.39 is 0 Å². The number of H-pyrrole nitrogens is 1. The highest BCUT2D eigenvalue weighted by atomic mass is 16.5. The van der Waals surface area contributed by atoms with Gasteiger partial charge in [0.15, 0.2) is 0 Å². The van der Waals surface area contributed by atoms with E-state index in [0.29, 0.717) is 6.61 Å². The molecule has 1 aromatic carbocycles. The molecule has 0 aliphatic carbocycles. The standard InChI is InChI=1S/C13H15N3O2/c1-2-18-9-12(17)16-11-5-3-4-10(8-11)13-14-6-7-15-13/h3-8H,2,9H2,1H3,(H,14,15)(H,16,17). The normalized spacial score (nSPS) is 10.3. The average Bonchev–Trinajstić information content (AvgIpc) is 2.90. The predicted octanol–water partition coefficient (Wildman–Crippen LogP) is 2.05. The van der Waals surface area contributed by atoms with Crippen molar-refractivity contribution in [1.82, 2.24) is 9.97 Å². The summed E-state index contributed by atoms with van der Waals surface area (Å²) in [5.41, 5.74) is 1.66. The fraction of sp³-hybridized carbons (Fsp3) is 0.231. The molecule has 2 aromatic rings. The minimum absolute atomic E-state index is 0.0709. The van der Waals surface area contributed by atoms with Gasteiger partial charge in [0.25, 0.3) is 0 Å². The molecule has 0 bridgehead atoms. The third-order valence-corrected chi connectivity index (χ3v) is 2.36. The van der Waals surface area contributed by atoms with Crippen LogP contribution in [0.15, 0.2) is 36.7 Å². The van der Waals surface area contributed by atoms with Gasteiger partial charge in [0.1, 0.15) is 12.4 Å². The van der Waals surface area contributed by atoms with Gasteiger partial charge in [0.05, 0.1) is 0 Å². The maximum Gasteiger partial charge on any atom is 0.250 e. The van der Waals surface area contributed by atoms with Gasteiger partial charge in [0.2, 0.25) is 5.91 Å². The molecule has 94 valence electrons. The molecule has 18 heavy (non-hydrogen) atoms. The summed E-state index contributed by atoms with van der Waals surface area (Å²) in [6.07, 6.45) is 3.45. The summed E-state index contributed by atoms with van der Waals surface area (Å²) in [5.74, 6) is 0.615. The second-order valence-corrected chi connectivity index (χ2v) is 3.70. The van der Waals surface area contributed by atoms with E-state index in [9.17, 15) is 4.79 Å². The highest BCUT2D eigenvalue weighted by molar-refractivity contribution is 5.92. The van der Waals surface area contributed by atoms with Crippen LogP contribution in [0, 0.1) is 0 Å². The van der Waals surface area contributed by atoms with E-state index in [4.69, 9.17) is 4.74 Å². The van der Waals surface area contributed by atoms with Gasteiger partial charge in [-0.25, -0.2) is 4.98 Å². The highest BCUT2D eigenvalue weighted by Crippen LogP contribution is 2.18. The summed E-state index contributed by atoms with van der Waals surface area (Å²) in [6, 6.07) is 7.49. The Hall–Kier alpha value is -2.14. The summed E-state index contributed by atoms with van der Waals surface area (Å²) < 4.78 is 5.04. The SMILES string of the molecule is CCOCC(=O)Nc1cccc(-c2ncc[nH]2)c1. The number of nitrogens with zero attached hydrogens (tertiary/aromatic N) is 1. The lowest BCUT2D eigenvalue weighted by atomic mass is 10.2. The maximum absolute atomic E-state index is 11.5. The van der Waals surface area contributed by atoms with Crippen molar-refractivity contribution < 1.29 is 9.53 Å².